The Kier molecular flexibility index (Phi) is 3.47. The number of nitrogens with zero attached hydrogens (tertiary/aromatic N) is 1. The van der Waals surface area contributed by atoms with Crippen LogP contribution in [0.15, 0.2) is 4.79 Å². The number of pyridine rings is 1. The molecule has 18 heavy (non-hydrogen) atoms. The zero-order chi connectivity index (χ0) is 13.1. The summed E-state index contributed by atoms with van der Waals surface area (Å²) in [5.74, 6) is -0.836. The summed E-state index contributed by atoms with van der Waals surface area (Å²) in [7, 11) is 0. The molecule has 1 aliphatic rings. The standard InChI is InChI=1S/C13H15N3O2/c14-7-9-8-5-3-1-2-4-6-10(8)16-13(18)11(9)12(15)17/h1-6H2,(H2,15,17)(H,16,18). The zero-order valence-corrected chi connectivity index (χ0v) is 10.1. The topological polar surface area (TPSA) is 99.7 Å². The van der Waals surface area contributed by atoms with Crippen LogP contribution in [0, 0.1) is 11.3 Å². The van der Waals surface area contributed by atoms with Gasteiger partial charge in [-0.2, -0.15) is 5.26 Å². The number of aromatic nitrogens is 1. The number of amides is 1. The van der Waals surface area contributed by atoms with E-state index in [1.807, 2.05) is 6.07 Å². The summed E-state index contributed by atoms with van der Waals surface area (Å²) < 4.78 is 0. The number of nitrogens with two attached hydrogens (primary N) is 1. The van der Waals surface area contributed by atoms with E-state index in [1.165, 1.54) is 0 Å². The van der Waals surface area contributed by atoms with E-state index in [4.69, 9.17) is 5.73 Å². The van der Waals surface area contributed by atoms with Gasteiger partial charge in [-0.3, -0.25) is 9.59 Å². The van der Waals surface area contributed by atoms with Crippen molar-refractivity contribution in [1.29, 1.82) is 5.26 Å². The molecule has 3 N–H and O–H groups in total. The highest BCUT2D eigenvalue weighted by atomic mass is 16.2. The number of nitrogens with one attached hydrogen (secondary N) is 1. The molecule has 0 fully saturated rings. The molecule has 1 aromatic heterocycles. The van der Waals surface area contributed by atoms with Gasteiger partial charge in [-0.15, -0.1) is 0 Å². The Bertz CT molecular complexity index is 581. The minimum atomic E-state index is -0.836. The van der Waals surface area contributed by atoms with Gasteiger partial charge in [0, 0.05) is 5.69 Å². The number of nitriles is 1. The smallest absolute Gasteiger partial charge is 0.262 e. The van der Waals surface area contributed by atoms with Crippen molar-refractivity contribution in [2.75, 3.05) is 0 Å². The van der Waals surface area contributed by atoms with Gasteiger partial charge in [-0.25, -0.2) is 0 Å². The fourth-order valence-corrected chi connectivity index (χ4v) is 2.50. The fourth-order valence-electron chi connectivity index (χ4n) is 2.50. The van der Waals surface area contributed by atoms with Crippen molar-refractivity contribution in [3.8, 4) is 6.07 Å². The summed E-state index contributed by atoms with van der Waals surface area (Å²) in [6.07, 6.45) is 5.65. The molecular weight excluding hydrogens is 230 g/mol. The lowest BCUT2D eigenvalue weighted by molar-refractivity contribution is 0.0998. The van der Waals surface area contributed by atoms with Crippen LogP contribution in [0.2, 0.25) is 0 Å². The van der Waals surface area contributed by atoms with Crippen molar-refractivity contribution >= 4 is 5.91 Å². The maximum atomic E-state index is 11.8. The molecule has 2 rings (SSSR count). The van der Waals surface area contributed by atoms with Crippen molar-refractivity contribution in [1.82, 2.24) is 4.98 Å². The number of hydrogen-bond donors (Lipinski definition) is 2. The van der Waals surface area contributed by atoms with Gasteiger partial charge in [0.15, 0.2) is 0 Å². The molecule has 94 valence electrons. The van der Waals surface area contributed by atoms with Crippen LogP contribution in [0.4, 0.5) is 0 Å². The van der Waals surface area contributed by atoms with Crippen LogP contribution in [0.3, 0.4) is 0 Å². The minimum Gasteiger partial charge on any atom is -0.365 e. The quantitative estimate of drug-likeness (QED) is 0.772. The molecule has 0 aromatic carbocycles. The minimum absolute atomic E-state index is 0.170. The van der Waals surface area contributed by atoms with Gasteiger partial charge in [-0.05, 0) is 31.2 Å². The number of aryl methyl sites for hydroxylation is 1. The number of fused-ring (bicyclic) bond motifs is 1. The molecule has 0 bridgehead atoms. The maximum absolute atomic E-state index is 11.8. The highest BCUT2D eigenvalue weighted by Crippen LogP contribution is 2.22. The molecule has 0 spiro atoms. The fraction of sp³-hybridized carbons (Fsp3) is 0.462. The molecule has 0 aliphatic heterocycles. The van der Waals surface area contributed by atoms with E-state index in [0.717, 1.165) is 49.8 Å². The Labute approximate surface area is 105 Å². The van der Waals surface area contributed by atoms with Gasteiger partial charge in [0.1, 0.15) is 11.6 Å². The molecule has 0 unspecified atom stereocenters. The number of primary amides is 1. The maximum Gasteiger partial charge on any atom is 0.262 e. The highest BCUT2D eigenvalue weighted by Gasteiger charge is 2.21. The van der Waals surface area contributed by atoms with E-state index in [2.05, 4.69) is 4.98 Å². The van der Waals surface area contributed by atoms with Crippen LogP contribution in [0.25, 0.3) is 0 Å². The predicted octanol–water partition coefficient (Wildman–Crippen LogP) is 1.00. The molecular formula is C13H15N3O2. The van der Waals surface area contributed by atoms with E-state index >= 15 is 0 Å². The van der Waals surface area contributed by atoms with Gasteiger partial charge in [0.25, 0.3) is 11.5 Å². The Hall–Kier alpha value is -2.09. The van der Waals surface area contributed by atoms with Gasteiger partial charge >= 0.3 is 0 Å². The SMILES string of the molecule is N#Cc1c2c([nH]c(=O)c1C(N)=O)CCCCCC2. The molecule has 0 atom stereocenters. The number of carbonyl (C=O) groups is 1. The summed E-state index contributed by atoms with van der Waals surface area (Å²) in [5.41, 5.74) is 6.20. The summed E-state index contributed by atoms with van der Waals surface area (Å²) in [4.78, 5) is 25.8. The number of rotatable bonds is 1. The first-order valence-corrected chi connectivity index (χ1v) is 6.13. The number of H-pyrrole nitrogens is 1. The predicted molar refractivity (Wildman–Crippen MR) is 66.2 cm³/mol. The summed E-state index contributed by atoms with van der Waals surface area (Å²) in [5, 5.41) is 9.20. The Morgan fingerprint density at radius 3 is 2.50 bits per heavy atom. The third-order valence-corrected chi connectivity index (χ3v) is 3.37. The van der Waals surface area contributed by atoms with Crippen LogP contribution in [0.5, 0.6) is 0 Å². The Morgan fingerprint density at radius 1 is 1.22 bits per heavy atom. The first kappa shape index (κ1) is 12.4. The summed E-state index contributed by atoms with van der Waals surface area (Å²) >= 11 is 0. The second-order valence-electron chi connectivity index (χ2n) is 4.55. The van der Waals surface area contributed by atoms with Crippen LogP contribution in [-0.2, 0) is 12.8 Å². The molecule has 0 saturated heterocycles. The van der Waals surface area contributed by atoms with Crippen LogP contribution in [-0.4, -0.2) is 10.9 Å². The van der Waals surface area contributed by atoms with Crippen LogP contribution >= 0.6 is 0 Å². The Balaban J connectivity index is 2.68. The first-order valence-electron chi connectivity index (χ1n) is 6.13. The zero-order valence-electron chi connectivity index (χ0n) is 10.1. The van der Waals surface area contributed by atoms with Gasteiger partial charge in [0.05, 0.1) is 5.56 Å². The lowest BCUT2D eigenvalue weighted by atomic mass is 9.92. The monoisotopic (exact) mass is 245 g/mol. The van der Waals surface area contributed by atoms with Crippen molar-refractivity contribution in [3.05, 3.63) is 32.7 Å². The second kappa shape index (κ2) is 5.05. The molecule has 1 aliphatic carbocycles. The van der Waals surface area contributed by atoms with Crippen molar-refractivity contribution in [2.45, 2.75) is 38.5 Å². The van der Waals surface area contributed by atoms with E-state index in [1.54, 1.807) is 0 Å². The molecule has 0 radical (unpaired) electrons. The van der Waals surface area contributed by atoms with Gasteiger partial charge in [-0.1, -0.05) is 12.8 Å². The van der Waals surface area contributed by atoms with Crippen molar-refractivity contribution < 1.29 is 4.79 Å². The molecule has 5 nitrogen and oxygen atoms in total. The average Bonchev–Trinajstić information content (AvgIpc) is 2.29. The third-order valence-electron chi connectivity index (χ3n) is 3.37. The van der Waals surface area contributed by atoms with Crippen molar-refractivity contribution in [2.24, 2.45) is 5.73 Å². The highest BCUT2D eigenvalue weighted by molar-refractivity contribution is 5.95. The van der Waals surface area contributed by atoms with Crippen molar-refractivity contribution in [3.63, 3.8) is 0 Å². The van der Waals surface area contributed by atoms with E-state index in [-0.39, 0.29) is 11.1 Å². The Morgan fingerprint density at radius 2 is 1.89 bits per heavy atom. The third kappa shape index (κ3) is 2.14. The average molecular weight is 245 g/mol. The molecule has 5 heteroatoms. The van der Waals surface area contributed by atoms with E-state index in [9.17, 15) is 14.9 Å². The second-order valence-corrected chi connectivity index (χ2v) is 4.55. The number of carbonyl (C=O) groups excluding carboxylic acids is 1. The number of hydrogen-bond acceptors (Lipinski definition) is 3. The lowest BCUT2D eigenvalue weighted by Gasteiger charge is -2.15. The van der Waals surface area contributed by atoms with Gasteiger partial charge < -0.3 is 10.7 Å². The lowest BCUT2D eigenvalue weighted by Crippen LogP contribution is -2.28. The molecule has 1 aromatic rings. The molecule has 1 heterocycles. The summed E-state index contributed by atoms with van der Waals surface area (Å²) in [6, 6.07) is 1.97. The first-order chi connectivity index (χ1) is 8.65. The van der Waals surface area contributed by atoms with Crippen LogP contribution < -0.4 is 11.3 Å². The van der Waals surface area contributed by atoms with E-state index < -0.39 is 11.5 Å². The summed E-state index contributed by atoms with van der Waals surface area (Å²) in [6.45, 7) is 0. The molecule has 0 saturated carbocycles. The molecule has 1 amide bonds. The van der Waals surface area contributed by atoms with Gasteiger partial charge in [0.2, 0.25) is 0 Å². The van der Waals surface area contributed by atoms with E-state index in [0.29, 0.717) is 0 Å². The number of aromatic amines is 1. The largest absolute Gasteiger partial charge is 0.365 e. The van der Waals surface area contributed by atoms with Crippen LogP contribution in [0.1, 0.15) is 52.9 Å². The normalized spacial score (nSPS) is 15.1.